The van der Waals surface area contributed by atoms with Crippen LogP contribution in [0.25, 0.3) is 22.5 Å². The minimum atomic E-state index is 0.903. The van der Waals surface area contributed by atoms with E-state index in [1.54, 1.807) is 0 Å². The molecule has 0 radical (unpaired) electrons. The van der Waals surface area contributed by atoms with Crippen LogP contribution in [0.2, 0.25) is 0 Å². The van der Waals surface area contributed by atoms with E-state index in [-0.39, 0.29) is 0 Å². The fraction of sp³-hybridized carbons (Fsp3) is 0.158. The van der Waals surface area contributed by atoms with Crippen molar-refractivity contribution >= 4 is 0 Å². The van der Waals surface area contributed by atoms with Gasteiger partial charge in [0, 0.05) is 17.5 Å². The summed E-state index contributed by atoms with van der Waals surface area (Å²) in [6.07, 6.45) is 1.95. The highest BCUT2D eigenvalue weighted by Crippen LogP contribution is 2.23. The average Bonchev–Trinajstić information content (AvgIpc) is 2.56. The van der Waals surface area contributed by atoms with E-state index in [4.69, 9.17) is 9.97 Å². The highest BCUT2D eigenvalue weighted by Gasteiger charge is 2.07. The zero-order valence-electron chi connectivity index (χ0n) is 12.2. The van der Waals surface area contributed by atoms with Crippen LogP contribution in [0.5, 0.6) is 0 Å². The van der Waals surface area contributed by atoms with E-state index >= 15 is 0 Å². The molecule has 0 spiro atoms. The van der Waals surface area contributed by atoms with Crippen LogP contribution in [0.1, 0.15) is 19.2 Å². The van der Waals surface area contributed by atoms with Crippen molar-refractivity contribution in [3.8, 4) is 22.5 Å². The Morgan fingerprint density at radius 1 is 0.714 bits per heavy atom. The van der Waals surface area contributed by atoms with E-state index < -0.39 is 0 Å². The van der Waals surface area contributed by atoms with Gasteiger partial charge in [-0.15, -0.1) is 0 Å². The molecule has 0 atom stereocenters. The molecule has 0 aliphatic carbocycles. The largest absolute Gasteiger partial charge is 0.233 e. The molecule has 0 aliphatic rings. The lowest BCUT2D eigenvalue weighted by atomic mass is 10.1. The molecule has 104 valence electrons. The number of benzene rings is 2. The Morgan fingerprint density at radius 3 is 1.62 bits per heavy atom. The van der Waals surface area contributed by atoms with E-state index in [1.807, 2.05) is 36.4 Å². The quantitative estimate of drug-likeness (QED) is 0.685. The lowest BCUT2D eigenvalue weighted by Gasteiger charge is -2.08. The van der Waals surface area contributed by atoms with Gasteiger partial charge in [-0.2, -0.15) is 0 Å². The van der Waals surface area contributed by atoms with Crippen molar-refractivity contribution in [3.05, 3.63) is 72.6 Å². The predicted octanol–water partition coefficient (Wildman–Crippen LogP) is 4.76. The van der Waals surface area contributed by atoms with E-state index in [0.29, 0.717) is 0 Å². The summed E-state index contributed by atoms with van der Waals surface area (Å²) in [5, 5.41) is 0. The maximum atomic E-state index is 4.71. The smallest absolute Gasteiger partial charge is 0.129 e. The van der Waals surface area contributed by atoms with Crippen LogP contribution in [0, 0.1) is 0 Å². The maximum absolute atomic E-state index is 4.71. The predicted molar refractivity (Wildman–Crippen MR) is 86.9 cm³/mol. The van der Waals surface area contributed by atoms with Gasteiger partial charge in [0.15, 0.2) is 0 Å². The van der Waals surface area contributed by atoms with E-state index in [9.17, 15) is 0 Å². The second-order valence-electron chi connectivity index (χ2n) is 5.04. The van der Waals surface area contributed by atoms with Gasteiger partial charge in [0.1, 0.15) is 5.82 Å². The van der Waals surface area contributed by atoms with E-state index in [2.05, 4.69) is 37.3 Å². The second-order valence-corrected chi connectivity index (χ2v) is 5.04. The molecular formula is C19H18N2. The van der Waals surface area contributed by atoms with Gasteiger partial charge in [-0.25, -0.2) is 9.97 Å². The zero-order valence-corrected chi connectivity index (χ0v) is 12.2. The minimum absolute atomic E-state index is 0.903. The molecule has 1 heterocycles. The van der Waals surface area contributed by atoms with Crippen LogP contribution in [-0.4, -0.2) is 9.97 Å². The lowest BCUT2D eigenvalue weighted by Crippen LogP contribution is -1.99. The summed E-state index contributed by atoms with van der Waals surface area (Å²) >= 11 is 0. The van der Waals surface area contributed by atoms with Crippen LogP contribution in [-0.2, 0) is 6.42 Å². The third-order valence-corrected chi connectivity index (χ3v) is 3.39. The highest BCUT2D eigenvalue weighted by molar-refractivity contribution is 5.67. The minimum Gasteiger partial charge on any atom is -0.233 e. The number of hydrogen-bond acceptors (Lipinski definition) is 2. The molecule has 0 saturated carbocycles. The van der Waals surface area contributed by atoms with Gasteiger partial charge in [0.05, 0.1) is 11.4 Å². The first kappa shape index (κ1) is 13.5. The Labute approximate surface area is 125 Å². The van der Waals surface area contributed by atoms with Crippen LogP contribution in [0.4, 0.5) is 0 Å². The van der Waals surface area contributed by atoms with Crippen molar-refractivity contribution in [1.82, 2.24) is 9.97 Å². The molecule has 0 amide bonds. The number of aromatic nitrogens is 2. The molecule has 0 saturated heterocycles. The van der Waals surface area contributed by atoms with E-state index in [0.717, 1.165) is 41.2 Å². The van der Waals surface area contributed by atoms with Gasteiger partial charge < -0.3 is 0 Å². The van der Waals surface area contributed by atoms with Crippen LogP contribution in [0.3, 0.4) is 0 Å². The molecule has 2 nitrogen and oxygen atoms in total. The molecule has 2 aromatic carbocycles. The Balaban J connectivity index is 2.11. The monoisotopic (exact) mass is 274 g/mol. The topological polar surface area (TPSA) is 25.8 Å². The average molecular weight is 274 g/mol. The lowest BCUT2D eigenvalue weighted by molar-refractivity contribution is 0.838. The number of aryl methyl sites for hydroxylation is 1. The van der Waals surface area contributed by atoms with Crippen LogP contribution >= 0.6 is 0 Å². The van der Waals surface area contributed by atoms with Gasteiger partial charge >= 0.3 is 0 Å². The standard InChI is InChI=1S/C19H18N2/c1-2-9-19-20-17(15-10-5-3-6-11-15)14-18(21-19)16-12-7-4-8-13-16/h3-8,10-14H,2,9H2,1H3. The molecule has 1 aromatic heterocycles. The Kier molecular flexibility index (Phi) is 4.06. The maximum Gasteiger partial charge on any atom is 0.129 e. The van der Waals surface area contributed by atoms with Gasteiger partial charge in [-0.1, -0.05) is 67.6 Å². The molecule has 0 N–H and O–H groups in total. The van der Waals surface area contributed by atoms with Gasteiger partial charge in [0.25, 0.3) is 0 Å². The Morgan fingerprint density at radius 2 is 1.19 bits per heavy atom. The molecule has 0 aliphatic heterocycles. The summed E-state index contributed by atoms with van der Waals surface area (Å²) in [6.45, 7) is 2.15. The van der Waals surface area contributed by atoms with Crippen molar-refractivity contribution in [1.29, 1.82) is 0 Å². The molecule has 2 heteroatoms. The van der Waals surface area contributed by atoms with Crippen molar-refractivity contribution in [2.45, 2.75) is 19.8 Å². The van der Waals surface area contributed by atoms with Crippen LogP contribution in [0.15, 0.2) is 66.7 Å². The van der Waals surface area contributed by atoms with Crippen LogP contribution < -0.4 is 0 Å². The van der Waals surface area contributed by atoms with Crippen molar-refractivity contribution in [2.75, 3.05) is 0 Å². The number of hydrogen-bond donors (Lipinski definition) is 0. The van der Waals surface area contributed by atoms with Gasteiger partial charge in [-0.3, -0.25) is 0 Å². The Hall–Kier alpha value is -2.48. The van der Waals surface area contributed by atoms with Gasteiger partial charge in [0.2, 0.25) is 0 Å². The highest BCUT2D eigenvalue weighted by atomic mass is 14.9. The summed E-state index contributed by atoms with van der Waals surface area (Å²) in [5.74, 6) is 0.915. The molecule has 3 rings (SSSR count). The molecule has 3 aromatic rings. The molecular weight excluding hydrogens is 256 g/mol. The molecule has 0 fully saturated rings. The fourth-order valence-corrected chi connectivity index (χ4v) is 2.35. The first-order valence-electron chi connectivity index (χ1n) is 7.35. The summed E-state index contributed by atoms with van der Waals surface area (Å²) < 4.78 is 0. The fourth-order valence-electron chi connectivity index (χ4n) is 2.35. The summed E-state index contributed by atoms with van der Waals surface area (Å²) in [5.41, 5.74) is 4.25. The first-order chi connectivity index (χ1) is 10.4. The zero-order chi connectivity index (χ0) is 14.5. The third-order valence-electron chi connectivity index (χ3n) is 3.39. The van der Waals surface area contributed by atoms with Gasteiger partial charge in [-0.05, 0) is 12.5 Å². The van der Waals surface area contributed by atoms with E-state index in [1.165, 1.54) is 0 Å². The second kappa shape index (κ2) is 6.31. The number of rotatable bonds is 4. The summed E-state index contributed by atoms with van der Waals surface area (Å²) in [4.78, 5) is 9.42. The van der Waals surface area contributed by atoms with Crippen molar-refractivity contribution in [3.63, 3.8) is 0 Å². The van der Waals surface area contributed by atoms with Crippen molar-refractivity contribution < 1.29 is 0 Å². The Bertz CT molecular complexity index is 648. The molecule has 21 heavy (non-hydrogen) atoms. The first-order valence-corrected chi connectivity index (χ1v) is 7.35. The third kappa shape index (κ3) is 3.16. The SMILES string of the molecule is CCCc1nc(-c2ccccc2)cc(-c2ccccc2)n1. The summed E-state index contributed by atoms with van der Waals surface area (Å²) in [6, 6.07) is 22.6. The summed E-state index contributed by atoms with van der Waals surface area (Å²) in [7, 11) is 0. The molecule has 0 unspecified atom stereocenters. The number of nitrogens with zero attached hydrogens (tertiary/aromatic N) is 2. The molecule has 0 bridgehead atoms. The van der Waals surface area contributed by atoms with Crippen molar-refractivity contribution in [2.24, 2.45) is 0 Å². The normalized spacial score (nSPS) is 10.5.